The van der Waals surface area contributed by atoms with Crippen molar-refractivity contribution >= 4 is 40.4 Å². The number of fused-ring (bicyclic) bond motifs is 2. The van der Waals surface area contributed by atoms with Crippen LogP contribution in [0.25, 0.3) is 5.57 Å². The fourth-order valence-corrected chi connectivity index (χ4v) is 6.44. The number of methoxy groups -OCH3 is 1. The van der Waals surface area contributed by atoms with E-state index < -0.39 is 23.5 Å². The van der Waals surface area contributed by atoms with Gasteiger partial charge in [0.25, 0.3) is 11.5 Å². The molecule has 0 unspecified atom stereocenters. The molecule has 0 saturated carbocycles. The van der Waals surface area contributed by atoms with Crippen molar-refractivity contribution in [1.82, 2.24) is 4.57 Å². The molecule has 1 aromatic heterocycles. The highest BCUT2D eigenvalue weighted by atomic mass is 32.1. The van der Waals surface area contributed by atoms with Crippen molar-refractivity contribution in [3.63, 3.8) is 0 Å². The lowest BCUT2D eigenvalue weighted by Crippen LogP contribution is -2.41. The summed E-state index contributed by atoms with van der Waals surface area (Å²) in [6.07, 6.45) is 0.751. The van der Waals surface area contributed by atoms with Gasteiger partial charge in [-0.15, -0.1) is 0 Å². The van der Waals surface area contributed by atoms with E-state index in [1.807, 2.05) is 45.0 Å². The summed E-state index contributed by atoms with van der Waals surface area (Å²) < 4.78 is 18.1. The molecule has 10 nitrogen and oxygen atoms in total. The molecule has 0 aliphatic carbocycles. The Morgan fingerprint density at radius 3 is 2.51 bits per heavy atom. The van der Waals surface area contributed by atoms with E-state index in [9.17, 15) is 19.2 Å². The first-order valence-corrected chi connectivity index (χ1v) is 14.9. The standard InChI is InChI=1S/C32H33N3O7S/c1-7-14-34-22-11-9-8-10-21(22)26(29(34)37)28-30(38)35-27(20-12-13-23(42-19(5)36)24(15-20)40-6)25(18(4)33-32(35)43-28)31(39)41-16-17(2)3/h8-13,15,17,27H,7,14,16H2,1-6H3/b28-26-/t27-/m1/s1. The van der Waals surface area contributed by atoms with Gasteiger partial charge in [0.15, 0.2) is 16.3 Å². The third-order valence-electron chi connectivity index (χ3n) is 7.12. The molecule has 0 radical (unpaired) electrons. The summed E-state index contributed by atoms with van der Waals surface area (Å²) in [7, 11) is 1.43. The molecule has 0 spiro atoms. The number of nitrogens with zero attached hydrogens (tertiary/aromatic N) is 3. The van der Waals surface area contributed by atoms with Crippen molar-refractivity contribution < 1.29 is 28.6 Å². The first-order valence-electron chi connectivity index (χ1n) is 14.1. The van der Waals surface area contributed by atoms with E-state index >= 15 is 0 Å². The van der Waals surface area contributed by atoms with E-state index in [4.69, 9.17) is 14.2 Å². The zero-order valence-electron chi connectivity index (χ0n) is 24.9. The van der Waals surface area contributed by atoms with Crippen LogP contribution in [0.5, 0.6) is 11.5 Å². The van der Waals surface area contributed by atoms with Crippen molar-refractivity contribution in [3.05, 3.63) is 84.5 Å². The molecule has 0 fully saturated rings. The van der Waals surface area contributed by atoms with Crippen LogP contribution in [0.2, 0.25) is 0 Å². The van der Waals surface area contributed by atoms with Crippen molar-refractivity contribution in [2.75, 3.05) is 25.2 Å². The van der Waals surface area contributed by atoms with Crippen molar-refractivity contribution in [2.45, 2.75) is 47.1 Å². The number of aromatic nitrogens is 1. The van der Waals surface area contributed by atoms with Crippen LogP contribution < -0.4 is 29.3 Å². The van der Waals surface area contributed by atoms with E-state index in [0.29, 0.717) is 33.7 Å². The number of allylic oxidation sites excluding steroid dienone is 1. The molecule has 1 atom stereocenters. The van der Waals surface area contributed by atoms with Gasteiger partial charge in [-0.1, -0.05) is 56.4 Å². The second kappa shape index (κ2) is 12.0. The van der Waals surface area contributed by atoms with Gasteiger partial charge in [-0.3, -0.25) is 19.0 Å². The van der Waals surface area contributed by atoms with Crippen LogP contribution in [0.15, 0.2) is 63.5 Å². The monoisotopic (exact) mass is 603 g/mol. The lowest BCUT2D eigenvalue weighted by atomic mass is 9.95. The maximum absolute atomic E-state index is 14.4. The molecule has 3 heterocycles. The van der Waals surface area contributed by atoms with Gasteiger partial charge in [0.1, 0.15) is 4.53 Å². The number of carbonyl (C=O) groups excluding carboxylic acids is 3. The fourth-order valence-electron chi connectivity index (χ4n) is 5.31. The Morgan fingerprint density at radius 2 is 1.84 bits per heavy atom. The summed E-state index contributed by atoms with van der Waals surface area (Å²) in [5, 5.41) is 0. The van der Waals surface area contributed by atoms with E-state index in [2.05, 4.69) is 4.99 Å². The normalized spacial score (nSPS) is 17.0. The topological polar surface area (TPSA) is 117 Å². The van der Waals surface area contributed by atoms with Gasteiger partial charge in [-0.05, 0) is 43.0 Å². The molecule has 0 N–H and O–H groups in total. The highest BCUT2D eigenvalue weighted by Crippen LogP contribution is 2.37. The maximum Gasteiger partial charge on any atom is 0.338 e. The number of hydrogen-bond donors (Lipinski definition) is 0. The molecule has 0 saturated heterocycles. The number of carbonyl (C=O) groups is 3. The Balaban J connectivity index is 1.77. The minimum atomic E-state index is -0.941. The molecule has 5 rings (SSSR count). The molecule has 2 aliphatic rings. The van der Waals surface area contributed by atoms with Gasteiger partial charge in [-0.25, -0.2) is 9.79 Å². The van der Waals surface area contributed by atoms with Gasteiger partial charge in [0.05, 0.1) is 42.3 Å². The summed E-state index contributed by atoms with van der Waals surface area (Å²) in [5.74, 6) is -0.830. The maximum atomic E-state index is 14.4. The van der Waals surface area contributed by atoms with Crippen LogP contribution in [-0.2, 0) is 19.1 Å². The van der Waals surface area contributed by atoms with Gasteiger partial charge >= 0.3 is 11.9 Å². The molecular weight excluding hydrogens is 570 g/mol. The minimum Gasteiger partial charge on any atom is -0.493 e. The molecule has 0 bridgehead atoms. The minimum absolute atomic E-state index is 0.0916. The zero-order chi connectivity index (χ0) is 31.0. The Morgan fingerprint density at radius 1 is 1.09 bits per heavy atom. The average molecular weight is 604 g/mol. The van der Waals surface area contributed by atoms with Crippen molar-refractivity contribution in [1.29, 1.82) is 0 Å². The number of hydrogen-bond acceptors (Lipinski definition) is 9. The third kappa shape index (κ3) is 5.40. The third-order valence-corrected chi connectivity index (χ3v) is 8.17. The smallest absolute Gasteiger partial charge is 0.338 e. The van der Waals surface area contributed by atoms with E-state index in [1.54, 1.807) is 30.0 Å². The molecule has 3 aromatic rings. The number of thiazole rings is 1. The highest BCUT2D eigenvalue weighted by molar-refractivity contribution is 7.07. The van der Waals surface area contributed by atoms with Gasteiger partial charge in [-0.2, -0.15) is 0 Å². The SMILES string of the molecule is CCCN1C(=O)/C(=c2\sc3n(c2=O)[C@H](c2ccc(OC(C)=O)c(OC)c2)C(C(=O)OCC(C)C)=C(C)N=3)c2ccccc21. The summed E-state index contributed by atoms with van der Waals surface area (Å²) in [6, 6.07) is 11.3. The van der Waals surface area contributed by atoms with E-state index in [-0.39, 0.29) is 40.0 Å². The quantitative estimate of drug-likeness (QED) is 0.286. The number of para-hydroxylation sites is 1. The molecule has 1 amide bonds. The molecule has 224 valence electrons. The fraction of sp³-hybridized carbons (Fsp3) is 0.344. The summed E-state index contributed by atoms with van der Waals surface area (Å²) in [5.41, 5.74) is 2.41. The first kappa shape index (κ1) is 30.0. The molecule has 11 heteroatoms. The average Bonchev–Trinajstić information content (AvgIpc) is 3.43. The Labute approximate surface area is 252 Å². The lowest BCUT2D eigenvalue weighted by Gasteiger charge is -2.25. The van der Waals surface area contributed by atoms with Crippen LogP contribution in [0, 0.1) is 5.92 Å². The largest absolute Gasteiger partial charge is 0.493 e. The van der Waals surface area contributed by atoms with Crippen LogP contribution in [-0.4, -0.2) is 42.7 Å². The summed E-state index contributed by atoms with van der Waals surface area (Å²) in [4.78, 5) is 60.0. The van der Waals surface area contributed by atoms with Gasteiger partial charge < -0.3 is 19.1 Å². The Bertz CT molecular complexity index is 1850. The number of ether oxygens (including phenoxy) is 3. The molecule has 2 aromatic carbocycles. The van der Waals surface area contributed by atoms with Crippen LogP contribution in [0.3, 0.4) is 0 Å². The second-order valence-corrected chi connectivity index (χ2v) is 11.7. The van der Waals surface area contributed by atoms with Crippen LogP contribution in [0.4, 0.5) is 5.69 Å². The van der Waals surface area contributed by atoms with Crippen molar-refractivity contribution in [3.8, 4) is 11.5 Å². The first-order chi connectivity index (χ1) is 20.6. The number of benzene rings is 2. The second-order valence-electron chi connectivity index (χ2n) is 10.7. The lowest BCUT2D eigenvalue weighted by molar-refractivity contribution is -0.140. The van der Waals surface area contributed by atoms with E-state index in [0.717, 1.165) is 23.4 Å². The van der Waals surface area contributed by atoms with Gasteiger partial charge in [0, 0.05) is 19.0 Å². The molecule has 43 heavy (non-hydrogen) atoms. The predicted molar refractivity (Wildman–Crippen MR) is 162 cm³/mol. The van der Waals surface area contributed by atoms with E-state index in [1.165, 1.54) is 18.6 Å². The Hall–Kier alpha value is -4.51. The van der Waals surface area contributed by atoms with Crippen LogP contribution in [0.1, 0.15) is 58.2 Å². The molecular formula is C32H33N3O7S. The predicted octanol–water partition coefficient (Wildman–Crippen LogP) is 3.50. The van der Waals surface area contributed by atoms with Crippen molar-refractivity contribution in [2.24, 2.45) is 10.9 Å². The summed E-state index contributed by atoms with van der Waals surface area (Å²) in [6.45, 7) is 9.53. The number of rotatable bonds is 8. The van der Waals surface area contributed by atoms with Gasteiger partial charge in [0.2, 0.25) is 0 Å². The highest BCUT2D eigenvalue weighted by Gasteiger charge is 2.37. The summed E-state index contributed by atoms with van der Waals surface area (Å²) >= 11 is 1.11. The number of amides is 1. The molecule has 2 aliphatic heterocycles. The number of esters is 2. The Kier molecular flexibility index (Phi) is 8.36. The zero-order valence-corrected chi connectivity index (χ0v) is 25.7. The van der Waals surface area contributed by atoms with Crippen LogP contribution >= 0.6 is 11.3 Å². The number of anilines is 1.